The van der Waals surface area contributed by atoms with Gasteiger partial charge in [0.25, 0.3) is 0 Å². The molecule has 1 heterocycles. The summed E-state index contributed by atoms with van der Waals surface area (Å²) in [7, 11) is 0. The van der Waals surface area contributed by atoms with Gasteiger partial charge >= 0.3 is 5.97 Å². The van der Waals surface area contributed by atoms with E-state index in [-0.39, 0.29) is 5.56 Å². The Balaban J connectivity index is 1.80. The molecule has 0 aromatic carbocycles. The lowest BCUT2D eigenvalue weighted by molar-refractivity contribution is 0.0695. The third-order valence-corrected chi connectivity index (χ3v) is 3.73. The van der Waals surface area contributed by atoms with Gasteiger partial charge in [0.2, 0.25) is 0 Å². The van der Waals surface area contributed by atoms with E-state index in [1.54, 1.807) is 13.0 Å². The smallest absolute Gasteiger partial charge is 0.339 e. The largest absolute Gasteiger partial charge is 0.478 e. The van der Waals surface area contributed by atoms with Crippen LogP contribution in [0, 0.1) is 18.8 Å². The Hall–Kier alpha value is -1.29. The van der Waals surface area contributed by atoms with Gasteiger partial charge in [0, 0.05) is 0 Å². The summed E-state index contributed by atoms with van der Waals surface area (Å²) < 4.78 is 5.42. The van der Waals surface area contributed by atoms with Crippen LogP contribution >= 0.6 is 0 Å². The van der Waals surface area contributed by atoms with Crippen LogP contribution in [0.4, 0.5) is 0 Å². The second kappa shape index (κ2) is 5.57. The average molecular weight is 251 g/mol. The Kier molecular flexibility index (Phi) is 4.07. The Bertz CT molecular complexity index is 425. The summed E-state index contributed by atoms with van der Waals surface area (Å²) in [4.78, 5) is 10.9. The third-order valence-electron chi connectivity index (χ3n) is 3.73. The first-order chi connectivity index (χ1) is 8.56. The van der Waals surface area contributed by atoms with Gasteiger partial charge < -0.3 is 14.8 Å². The van der Waals surface area contributed by atoms with Gasteiger partial charge in [0.1, 0.15) is 17.1 Å². The van der Waals surface area contributed by atoms with Crippen LogP contribution in [-0.4, -0.2) is 17.6 Å². The number of carbonyl (C=O) groups is 1. The SMILES string of the molecule is Cc1oc(CNCC2CCC(C)C2)cc1C(=O)O. The molecular weight excluding hydrogens is 230 g/mol. The summed E-state index contributed by atoms with van der Waals surface area (Å²) in [6, 6.07) is 1.61. The predicted molar refractivity (Wildman–Crippen MR) is 68.6 cm³/mol. The van der Waals surface area contributed by atoms with Crippen molar-refractivity contribution in [2.75, 3.05) is 6.54 Å². The summed E-state index contributed by atoms with van der Waals surface area (Å²) in [5.74, 6) is 1.87. The third kappa shape index (κ3) is 3.13. The molecule has 1 aromatic rings. The van der Waals surface area contributed by atoms with Crippen molar-refractivity contribution >= 4 is 5.97 Å². The summed E-state index contributed by atoms with van der Waals surface area (Å²) in [6.07, 6.45) is 3.92. The zero-order valence-electron chi connectivity index (χ0n) is 11.0. The zero-order chi connectivity index (χ0) is 13.1. The van der Waals surface area contributed by atoms with Crippen molar-refractivity contribution in [3.8, 4) is 0 Å². The van der Waals surface area contributed by atoms with Crippen molar-refractivity contribution < 1.29 is 14.3 Å². The first kappa shape index (κ1) is 13.1. The molecule has 0 radical (unpaired) electrons. The summed E-state index contributed by atoms with van der Waals surface area (Å²) in [6.45, 7) is 5.59. The van der Waals surface area contributed by atoms with E-state index in [1.165, 1.54) is 19.3 Å². The van der Waals surface area contributed by atoms with Crippen molar-refractivity contribution in [2.24, 2.45) is 11.8 Å². The fourth-order valence-corrected chi connectivity index (χ4v) is 2.75. The highest BCUT2D eigenvalue weighted by Crippen LogP contribution is 2.29. The lowest BCUT2D eigenvalue weighted by atomic mass is 10.1. The van der Waals surface area contributed by atoms with Gasteiger partial charge in [-0.25, -0.2) is 4.79 Å². The molecule has 4 heteroatoms. The zero-order valence-corrected chi connectivity index (χ0v) is 11.0. The number of carboxylic acids is 1. The molecule has 100 valence electrons. The van der Waals surface area contributed by atoms with E-state index < -0.39 is 5.97 Å². The molecule has 2 atom stereocenters. The van der Waals surface area contributed by atoms with E-state index in [0.717, 1.165) is 18.4 Å². The molecule has 2 unspecified atom stereocenters. The minimum absolute atomic E-state index is 0.265. The molecule has 2 N–H and O–H groups in total. The summed E-state index contributed by atoms with van der Waals surface area (Å²) >= 11 is 0. The summed E-state index contributed by atoms with van der Waals surface area (Å²) in [5.41, 5.74) is 0.265. The van der Waals surface area contributed by atoms with Crippen molar-refractivity contribution in [1.82, 2.24) is 5.32 Å². The first-order valence-electron chi connectivity index (χ1n) is 6.59. The van der Waals surface area contributed by atoms with Crippen LogP contribution in [0.1, 0.15) is 48.1 Å². The fraction of sp³-hybridized carbons (Fsp3) is 0.643. The first-order valence-corrected chi connectivity index (χ1v) is 6.59. The minimum atomic E-state index is -0.924. The minimum Gasteiger partial charge on any atom is -0.478 e. The van der Waals surface area contributed by atoms with Crippen molar-refractivity contribution in [2.45, 2.75) is 39.7 Å². The molecule has 0 bridgehead atoms. The molecule has 0 spiro atoms. The van der Waals surface area contributed by atoms with Crippen molar-refractivity contribution in [3.05, 3.63) is 23.2 Å². The molecule has 0 saturated heterocycles. The van der Waals surface area contributed by atoms with Crippen LogP contribution in [0.3, 0.4) is 0 Å². The maximum atomic E-state index is 10.9. The molecule has 1 saturated carbocycles. The van der Waals surface area contributed by atoms with E-state index in [9.17, 15) is 4.79 Å². The van der Waals surface area contributed by atoms with Gasteiger partial charge in [0.05, 0.1) is 6.54 Å². The van der Waals surface area contributed by atoms with E-state index in [4.69, 9.17) is 9.52 Å². The monoisotopic (exact) mass is 251 g/mol. The van der Waals surface area contributed by atoms with Crippen LogP contribution in [0.15, 0.2) is 10.5 Å². The molecule has 2 rings (SSSR count). The van der Waals surface area contributed by atoms with Crippen molar-refractivity contribution in [3.63, 3.8) is 0 Å². The molecule has 1 fully saturated rings. The molecule has 0 amide bonds. The van der Waals surface area contributed by atoms with Gasteiger partial charge in [-0.1, -0.05) is 13.3 Å². The number of furan rings is 1. The van der Waals surface area contributed by atoms with Crippen LogP contribution < -0.4 is 5.32 Å². The highest BCUT2D eigenvalue weighted by Gasteiger charge is 2.21. The summed E-state index contributed by atoms with van der Waals surface area (Å²) in [5, 5.41) is 12.3. The van der Waals surface area contributed by atoms with Crippen molar-refractivity contribution in [1.29, 1.82) is 0 Å². The molecule has 1 aliphatic carbocycles. The Morgan fingerprint density at radius 2 is 2.33 bits per heavy atom. The van der Waals surface area contributed by atoms with Crippen LogP contribution in [0.5, 0.6) is 0 Å². The van der Waals surface area contributed by atoms with Gasteiger partial charge in [-0.3, -0.25) is 0 Å². The fourth-order valence-electron chi connectivity index (χ4n) is 2.75. The molecule has 1 aromatic heterocycles. The molecule has 18 heavy (non-hydrogen) atoms. The number of hydrogen-bond acceptors (Lipinski definition) is 3. The molecule has 0 aliphatic heterocycles. The van der Waals surface area contributed by atoms with Gasteiger partial charge in [-0.2, -0.15) is 0 Å². The topological polar surface area (TPSA) is 62.5 Å². The normalized spacial score (nSPS) is 23.4. The Morgan fingerprint density at radius 1 is 1.56 bits per heavy atom. The number of carboxylic acid groups (broad SMARTS) is 1. The Morgan fingerprint density at radius 3 is 2.89 bits per heavy atom. The second-order valence-corrected chi connectivity index (χ2v) is 5.40. The van der Waals surface area contributed by atoms with Crippen LogP contribution in [0.25, 0.3) is 0 Å². The highest BCUT2D eigenvalue weighted by atomic mass is 16.4. The standard InChI is InChI=1S/C14H21NO3/c1-9-3-4-11(5-9)7-15-8-12-6-13(14(16)17)10(2)18-12/h6,9,11,15H,3-5,7-8H2,1-2H3,(H,16,17). The van der Waals surface area contributed by atoms with E-state index in [1.807, 2.05) is 0 Å². The molecule has 1 aliphatic rings. The number of nitrogens with one attached hydrogen (secondary N) is 1. The second-order valence-electron chi connectivity index (χ2n) is 5.40. The maximum absolute atomic E-state index is 10.9. The molecular formula is C14H21NO3. The van der Waals surface area contributed by atoms with E-state index in [2.05, 4.69) is 12.2 Å². The lowest BCUT2D eigenvalue weighted by Gasteiger charge is -2.09. The predicted octanol–water partition coefficient (Wildman–Crippen LogP) is 2.81. The van der Waals surface area contributed by atoms with Gasteiger partial charge in [-0.05, 0) is 44.2 Å². The average Bonchev–Trinajstić information content (AvgIpc) is 2.85. The maximum Gasteiger partial charge on any atom is 0.339 e. The van der Waals surface area contributed by atoms with Gasteiger partial charge in [0.15, 0.2) is 0 Å². The number of hydrogen-bond donors (Lipinski definition) is 2. The quantitative estimate of drug-likeness (QED) is 0.844. The van der Waals surface area contributed by atoms with E-state index >= 15 is 0 Å². The number of rotatable bonds is 5. The lowest BCUT2D eigenvalue weighted by Crippen LogP contribution is -2.20. The highest BCUT2D eigenvalue weighted by molar-refractivity contribution is 5.88. The van der Waals surface area contributed by atoms with Crippen LogP contribution in [0.2, 0.25) is 0 Å². The number of aromatic carboxylic acids is 1. The van der Waals surface area contributed by atoms with E-state index in [0.29, 0.717) is 18.1 Å². The number of aryl methyl sites for hydroxylation is 1. The van der Waals surface area contributed by atoms with Gasteiger partial charge in [-0.15, -0.1) is 0 Å². The Labute approximate surface area is 107 Å². The molecule has 4 nitrogen and oxygen atoms in total. The van der Waals surface area contributed by atoms with Crippen LogP contribution in [-0.2, 0) is 6.54 Å².